The van der Waals surface area contributed by atoms with Crippen LogP contribution in [0.15, 0.2) is 23.1 Å². The third-order valence-corrected chi connectivity index (χ3v) is 5.30. The number of benzene rings is 1. The average Bonchev–Trinajstić information content (AvgIpc) is 2.34. The van der Waals surface area contributed by atoms with Crippen molar-refractivity contribution in [1.82, 2.24) is 4.90 Å². The summed E-state index contributed by atoms with van der Waals surface area (Å²) in [6.07, 6.45) is 1.19. The highest BCUT2D eigenvalue weighted by Gasteiger charge is 2.28. The van der Waals surface area contributed by atoms with Crippen LogP contribution in [0.3, 0.4) is 0 Å². The number of nitrogens with zero attached hydrogens (tertiary/aromatic N) is 2. The summed E-state index contributed by atoms with van der Waals surface area (Å²) in [6, 6.07) is 6.03. The molecule has 1 saturated heterocycles. The molecule has 1 aromatic rings. The van der Waals surface area contributed by atoms with Crippen LogP contribution >= 0.6 is 0 Å². The first-order valence-corrected chi connectivity index (χ1v) is 8.66. The third-order valence-electron chi connectivity index (χ3n) is 4.14. The van der Waals surface area contributed by atoms with Gasteiger partial charge in [-0.25, -0.2) is 8.42 Å². The summed E-state index contributed by atoms with van der Waals surface area (Å²) in [5, 5.41) is 0. The van der Waals surface area contributed by atoms with Crippen molar-refractivity contribution in [1.29, 1.82) is 0 Å². The van der Waals surface area contributed by atoms with Crippen LogP contribution in [-0.4, -0.2) is 51.8 Å². The van der Waals surface area contributed by atoms with Gasteiger partial charge in [-0.1, -0.05) is 6.07 Å². The number of likely N-dealkylation sites (N-methyl/N-ethyl adjacent to an activating group) is 1. The van der Waals surface area contributed by atoms with E-state index in [9.17, 15) is 8.42 Å². The predicted octanol–water partition coefficient (Wildman–Crippen LogP) is 1.20. The summed E-state index contributed by atoms with van der Waals surface area (Å²) < 4.78 is 23.5. The van der Waals surface area contributed by atoms with E-state index in [4.69, 9.17) is 5.73 Å². The topological polar surface area (TPSA) is 66.6 Å². The molecule has 2 N–H and O–H groups in total. The van der Waals surface area contributed by atoms with Crippen molar-refractivity contribution in [2.75, 3.05) is 37.0 Å². The van der Waals surface area contributed by atoms with Crippen LogP contribution in [0, 0.1) is 0 Å². The van der Waals surface area contributed by atoms with E-state index in [1.807, 2.05) is 6.07 Å². The molecular weight excluding hydrogens is 274 g/mol. The number of anilines is 2. The number of sulfone groups is 1. The van der Waals surface area contributed by atoms with Gasteiger partial charge in [-0.05, 0) is 33.0 Å². The van der Waals surface area contributed by atoms with Gasteiger partial charge in [0.1, 0.15) is 0 Å². The molecule has 2 unspecified atom stereocenters. The van der Waals surface area contributed by atoms with Crippen molar-refractivity contribution < 1.29 is 8.42 Å². The van der Waals surface area contributed by atoms with E-state index in [0.717, 1.165) is 18.8 Å². The van der Waals surface area contributed by atoms with Crippen molar-refractivity contribution in [2.24, 2.45) is 0 Å². The smallest absolute Gasteiger partial charge is 0.177 e. The second kappa shape index (κ2) is 5.26. The monoisotopic (exact) mass is 297 g/mol. The Morgan fingerprint density at radius 3 is 2.25 bits per heavy atom. The van der Waals surface area contributed by atoms with Crippen LogP contribution in [-0.2, 0) is 9.84 Å². The maximum absolute atomic E-state index is 11.8. The molecule has 0 spiro atoms. The maximum atomic E-state index is 11.8. The number of nitrogen functional groups attached to an aromatic ring is 1. The summed E-state index contributed by atoms with van der Waals surface area (Å²) in [7, 11) is -1.18. The van der Waals surface area contributed by atoms with Crippen molar-refractivity contribution in [3.8, 4) is 0 Å². The van der Waals surface area contributed by atoms with Crippen LogP contribution in [0.1, 0.15) is 13.8 Å². The van der Waals surface area contributed by atoms with Gasteiger partial charge in [0, 0.05) is 31.4 Å². The van der Waals surface area contributed by atoms with E-state index in [1.165, 1.54) is 6.26 Å². The van der Waals surface area contributed by atoms with Gasteiger partial charge in [0.2, 0.25) is 0 Å². The molecule has 6 heteroatoms. The van der Waals surface area contributed by atoms with Gasteiger partial charge in [-0.3, -0.25) is 4.90 Å². The Morgan fingerprint density at radius 1 is 1.20 bits per heavy atom. The fraction of sp³-hybridized carbons (Fsp3) is 0.571. The molecule has 0 bridgehead atoms. The molecule has 0 saturated carbocycles. The molecule has 112 valence electrons. The molecule has 5 nitrogen and oxygen atoms in total. The minimum atomic E-state index is -3.29. The fourth-order valence-electron chi connectivity index (χ4n) is 2.73. The Morgan fingerprint density at radius 2 is 1.75 bits per heavy atom. The second-order valence-corrected chi connectivity index (χ2v) is 7.71. The van der Waals surface area contributed by atoms with E-state index < -0.39 is 9.84 Å². The average molecular weight is 297 g/mol. The number of nitrogens with two attached hydrogens (primary N) is 1. The van der Waals surface area contributed by atoms with E-state index in [1.54, 1.807) is 12.1 Å². The molecule has 0 amide bonds. The van der Waals surface area contributed by atoms with E-state index in [-0.39, 0.29) is 4.90 Å². The molecule has 0 aromatic heterocycles. The van der Waals surface area contributed by atoms with E-state index in [0.29, 0.717) is 17.8 Å². The number of hydrogen-bond donors (Lipinski definition) is 1. The SMILES string of the molecule is CC1CN(c2cccc(S(C)(=O)=O)c2N)CC(C)N1C. The molecular formula is C14H23N3O2S. The molecule has 1 aliphatic rings. The highest BCUT2D eigenvalue weighted by atomic mass is 32.2. The first-order chi connectivity index (χ1) is 9.21. The Hall–Kier alpha value is -1.27. The Labute approximate surface area is 121 Å². The summed E-state index contributed by atoms with van der Waals surface area (Å²) in [5.74, 6) is 0. The molecule has 1 aliphatic heterocycles. The lowest BCUT2D eigenvalue weighted by Gasteiger charge is -2.43. The van der Waals surface area contributed by atoms with E-state index in [2.05, 4.69) is 30.7 Å². The van der Waals surface area contributed by atoms with Gasteiger partial charge in [0.05, 0.1) is 16.3 Å². The lowest BCUT2D eigenvalue weighted by Crippen LogP contribution is -2.55. The zero-order valence-electron chi connectivity index (χ0n) is 12.5. The predicted molar refractivity (Wildman–Crippen MR) is 82.9 cm³/mol. The number of para-hydroxylation sites is 1. The first kappa shape index (κ1) is 15.1. The molecule has 0 aliphatic carbocycles. The Balaban J connectivity index is 2.39. The van der Waals surface area contributed by atoms with Crippen molar-refractivity contribution >= 4 is 21.2 Å². The van der Waals surface area contributed by atoms with Crippen LogP contribution in [0.2, 0.25) is 0 Å². The minimum absolute atomic E-state index is 0.217. The molecule has 20 heavy (non-hydrogen) atoms. The van der Waals surface area contributed by atoms with Gasteiger partial charge >= 0.3 is 0 Å². The number of piperazine rings is 1. The zero-order valence-corrected chi connectivity index (χ0v) is 13.3. The van der Waals surface area contributed by atoms with Crippen LogP contribution in [0.25, 0.3) is 0 Å². The Bertz CT molecular complexity index is 588. The maximum Gasteiger partial charge on any atom is 0.177 e. The van der Waals surface area contributed by atoms with Crippen molar-refractivity contribution in [3.63, 3.8) is 0 Å². The van der Waals surface area contributed by atoms with Crippen LogP contribution in [0.5, 0.6) is 0 Å². The number of hydrogen-bond acceptors (Lipinski definition) is 5. The largest absolute Gasteiger partial charge is 0.396 e. The van der Waals surface area contributed by atoms with Gasteiger partial charge in [-0.15, -0.1) is 0 Å². The first-order valence-electron chi connectivity index (χ1n) is 6.77. The molecule has 2 atom stereocenters. The van der Waals surface area contributed by atoms with Gasteiger partial charge in [0.15, 0.2) is 9.84 Å². The molecule has 1 aromatic carbocycles. The fourth-order valence-corrected chi connectivity index (χ4v) is 3.56. The molecule has 0 radical (unpaired) electrons. The zero-order chi connectivity index (χ0) is 15.1. The summed E-state index contributed by atoms with van der Waals surface area (Å²) in [4.78, 5) is 4.72. The molecule has 2 rings (SSSR count). The second-order valence-electron chi connectivity index (χ2n) is 5.73. The van der Waals surface area contributed by atoms with E-state index >= 15 is 0 Å². The van der Waals surface area contributed by atoms with Gasteiger partial charge in [0.25, 0.3) is 0 Å². The lowest BCUT2D eigenvalue weighted by atomic mass is 10.1. The third kappa shape index (κ3) is 2.76. The van der Waals surface area contributed by atoms with Gasteiger partial charge in [-0.2, -0.15) is 0 Å². The molecule has 1 fully saturated rings. The van der Waals surface area contributed by atoms with Gasteiger partial charge < -0.3 is 10.6 Å². The normalized spacial score (nSPS) is 24.9. The highest BCUT2D eigenvalue weighted by Crippen LogP contribution is 2.31. The van der Waals surface area contributed by atoms with Crippen molar-refractivity contribution in [2.45, 2.75) is 30.8 Å². The Kier molecular flexibility index (Phi) is 3.97. The number of rotatable bonds is 2. The summed E-state index contributed by atoms with van der Waals surface area (Å²) in [6.45, 7) is 6.02. The van der Waals surface area contributed by atoms with Crippen molar-refractivity contribution in [3.05, 3.63) is 18.2 Å². The van der Waals surface area contributed by atoms with Crippen LogP contribution in [0.4, 0.5) is 11.4 Å². The summed E-state index contributed by atoms with van der Waals surface area (Å²) >= 11 is 0. The minimum Gasteiger partial charge on any atom is -0.396 e. The van der Waals surface area contributed by atoms with Crippen LogP contribution < -0.4 is 10.6 Å². The standard InChI is InChI=1S/C14H23N3O2S/c1-10-8-17(9-11(2)16(10)3)12-6-5-7-13(14(12)15)20(4,18)19/h5-7,10-11H,8-9,15H2,1-4H3. The molecule has 1 heterocycles. The highest BCUT2D eigenvalue weighted by molar-refractivity contribution is 7.90. The quantitative estimate of drug-likeness (QED) is 0.831. The summed E-state index contributed by atoms with van der Waals surface area (Å²) in [5.41, 5.74) is 7.27. The lowest BCUT2D eigenvalue weighted by molar-refractivity contribution is 0.170.